The molecule has 7 N–H and O–H groups in total. The number of primary amides is 1. The molecule has 0 heterocycles. The van der Waals surface area contributed by atoms with Crippen LogP contribution in [0.3, 0.4) is 0 Å². The van der Waals surface area contributed by atoms with E-state index in [0.29, 0.717) is 28.8 Å². The van der Waals surface area contributed by atoms with Crippen LogP contribution in [0.4, 0.5) is 10.5 Å². The molecule has 0 saturated heterocycles. The van der Waals surface area contributed by atoms with E-state index in [1.807, 2.05) is 6.92 Å². The van der Waals surface area contributed by atoms with E-state index in [0.717, 1.165) is 0 Å². The predicted octanol–water partition coefficient (Wildman–Crippen LogP) is 2.75. The van der Waals surface area contributed by atoms with Crippen molar-refractivity contribution in [3.63, 3.8) is 0 Å². The second kappa shape index (κ2) is 10.9. The Bertz CT molecular complexity index is 1610. The minimum Gasteiger partial charge on any atom is -0.510 e. The maximum Gasteiger partial charge on any atom is 0.411 e. The quantitative estimate of drug-likeness (QED) is 0.271. The SMILES string of the molecule is CCCOC(=O)Nc1ccc(-c2ccc(O)c3c2CC2CC4C(N(C)C)C(O)=C(C(N)=O)C(=O)C4(O)C(O)=C2C3=O)cc1. The summed E-state index contributed by atoms with van der Waals surface area (Å²) in [5.74, 6) is -7.01. The monoisotopic (exact) mass is 591 g/mol. The number of phenolic OH excluding ortho intramolecular Hbond substituents is 1. The highest BCUT2D eigenvalue weighted by molar-refractivity contribution is 6.25. The number of aliphatic hydroxyl groups is 3. The number of nitrogens with one attached hydrogen (secondary N) is 1. The van der Waals surface area contributed by atoms with Gasteiger partial charge >= 0.3 is 6.09 Å². The highest BCUT2D eigenvalue weighted by Gasteiger charge is 2.63. The summed E-state index contributed by atoms with van der Waals surface area (Å²) in [6.07, 6.45) is 0.246. The third-order valence-corrected chi connectivity index (χ3v) is 8.49. The van der Waals surface area contributed by atoms with Crippen molar-refractivity contribution >= 4 is 29.3 Å². The lowest BCUT2D eigenvalue weighted by Crippen LogP contribution is -2.63. The molecule has 12 heteroatoms. The first kappa shape index (κ1) is 29.8. The molecular weight excluding hydrogens is 558 g/mol. The Labute approximate surface area is 247 Å². The number of nitrogens with zero attached hydrogens (tertiary/aromatic N) is 1. The minimum atomic E-state index is -2.70. The summed E-state index contributed by atoms with van der Waals surface area (Å²) in [5, 5.41) is 47.5. The number of hydrogen-bond donors (Lipinski definition) is 6. The van der Waals surface area contributed by atoms with Crippen molar-refractivity contribution < 1.29 is 44.3 Å². The van der Waals surface area contributed by atoms with Gasteiger partial charge in [-0.05, 0) is 74.2 Å². The molecule has 0 bridgehead atoms. The topological polar surface area (TPSA) is 200 Å². The molecule has 3 aliphatic carbocycles. The molecule has 0 saturated carbocycles. The fraction of sp³-hybridized carbons (Fsp3) is 0.355. The van der Waals surface area contributed by atoms with Gasteiger partial charge in [-0.25, -0.2) is 4.79 Å². The molecule has 0 aromatic heterocycles. The number of amides is 2. The number of allylic oxidation sites excluding steroid dienone is 1. The lowest BCUT2D eigenvalue weighted by atomic mass is 9.58. The first-order valence-corrected chi connectivity index (χ1v) is 13.9. The van der Waals surface area contributed by atoms with Crippen molar-refractivity contribution in [2.45, 2.75) is 37.8 Å². The van der Waals surface area contributed by atoms with Crippen LogP contribution in [0.2, 0.25) is 0 Å². The predicted molar refractivity (Wildman–Crippen MR) is 154 cm³/mol. The minimum absolute atomic E-state index is 0.0103. The molecule has 0 aliphatic heterocycles. The number of aromatic hydroxyl groups is 1. The van der Waals surface area contributed by atoms with Crippen LogP contribution in [0, 0.1) is 11.8 Å². The molecule has 2 aromatic rings. The van der Waals surface area contributed by atoms with Crippen molar-refractivity contribution in [1.82, 2.24) is 4.90 Å². The van der Waals surface area contributed by atoms with Gasteiger partial charge in [0.1, 0.15) is 22.8 Å². The molecule has 2 aromatic carbocycles. The van der Waals surface area contributed by atoms with Crippen molar-refractivity contribution in [3.05, 3.63) is 70.2 Å². The normalized spacial score (nSPS) is 24.8. The van der Waals surface area contributed by atoms with Crippen LogP contribution in [0.25, 0.3) is 11.1 Å². The number of ketones is 2. The summed E-state index contributed by atoms with van der Waals surface area (Å²) < 4.78 is 5.04. The van der Waals surface area contributed by atoms with Gasteiger partial charge < -0.3 is 30.9 Å². The number of carbonyl (C=O) groups is 4. The Kier molecular flexibility index (Phi) is 7.53. The number of Topliss-reactive ketones (excluding diaryl/α,β-unsaturated/α-hetero) is 2. The molecular formula is C31H33N3O9. The highest BCUT2D eigenvalue weighted by Crippen LogP contribution is 2.53. The zero-order valence-electron chi connectivity index (χ0n) is 23.9. The molecule has 0 spiro atoms. The summed E-state index contributed by atoms with van der Waals surface area (Å²) in [5.41, 5.74) is 3.83. The number of anilines is 1. The number of phenols is 1. The molecule has 12 nitrogen and oxygen atoms in total. The molecule has 43 heavy (non-hydrogen) atoms. The van der Waals surface area contributed by atoms with Crippen LogP contribution in [0.5, 0.6) is 5.75 Å². The summed E-state index contributed by atoms with van der Waals surface area (Å²) in [4.78, 5) is 52.9. The first-order valence-electron chi connectivity index (χ1n) is 13.9. The zero-order valence-corrected chi connectivity index (χ0v) is 23.9. The van der Waals surface area contributed by atoms with Gasteiger partial charge in [0, 0.05) is 17.2 Å². The number of ether oxygens (including phenoxy) is 1. The fourth-order valence-corrected chi connectivity index (χ4v) is 6.60. The van der Waals surface area contributed by atoms with Crippen molar-refractivity contribution in [2.75, 3.05) is 26.0 Å². The molecule has 5 rings (SSSR count). The molecule has 0 radical (unpaired) electrons. The molecule has 4 unspecified atom stereocenters. The highest BCUT2D eigenvalue weighted by atomic mass is 16.5. The lowest BCUT2D eigenvalue weighted by Gasteiger charge is -2.50. The third kappa shape index (κ3) is 4.63. The first-order chi connectivity index (χ1) is 20.3. The number of hydrogen-bond acceptors (Lipinski definition) is 10. The number of rotatable bonds is 6. The van der Waals surface area contributed by atoms with E-state index in [-0.39, 0.29) is 36.3 Å². The molecule has 2 amide bonds. The summed E-state index contributed by atoms with van der Waals surface area (Å²) in [6, 6.07) is 8.76. The van der Waals surface area contributed by atoms with Gasteiger partial charge in [0.05, 0.1) is 18.2 Å². The molecule has 0 fully saturated rings. The van der Waals surface area contributed by atoms with Gasteiger partial charge in [0.15, 0.2) is 11.4 Å². The smallest absolute Gasteiger partial charge is 0.411 e. The number of aliphatic hydroxyl groups excluding tert-OH is 2. The average molecular weight is 592 g/mol. The number of carbonyl (C=O) groups excluding carboxylic acids is 4. The zero-order chi connectivity index (χ0) is 31.4. The van der Waals surface area contributed by atoms with Crippen LogP contribution in [0.1, 0.15) is 35.7 Å². The van der Waals surface area contributed by atoms with E-state index >= 15 is 0 Å². The van der Waals surface area contributed by atoms with Crippen molar-refractivity contribution in [3.8, 4) is 16.9 Å². The fourth-order valence-electron chi connectivity index (χ4n) is 6.60. The average Bonchev–Trinajstić information content (AvgIpc) is 2.94. The Morgan fingerprint density at radius 1 is 1.09 bits per heavy atom. The molecule has 4 atom stereocenters. The maximum absolute atomic E-state index is 13.9. The second-order valence-electron chi connectivity index (χ2n) is 11.3. The van der Waals surface area contributed by atoms with Gasteiger partial charge in [-0.2, -0.15) is 0 Å². The summed E-state index contributed by atoms with van der Waals surface area (Å²) in [6.45, 7) is 2.17. The van der Waals surface area contributed by atoms with Crippen LogP contribution < -0.4 is 11.1 Å². The van der Waals surface area contributed by atoms with Gasteiger partial charge in [0.2, 0.25) is 5.78 Å². The largest absolute Gasteiger partial charge is 0.510 e. The van der Waals surface area contributed by atoms with Crippen LogP contribution in [0.15, 0.2) is 59.1 Å². The summed E-state index contributed by atoms with van der Waals surface area (Å²) >= 11 is 0. The van der Waals surface area contributed by atoms with Gasteiger partial charge in [-0.15, -0.1) is 0 Å². The molecule has 226 valence electrons. The van der Waals surface area contributed by atoms with Crippen molar-refractivity contribution in [2.24, 2.45) is 17.6 Å². The van der Waals surface area contributed by atoms with Crippen molar-refractivity contribution in [1.29, 1.82) is 0 Å². The van der Waals surface area contributed by atoms with Crippen LogP contribution >= 0.6 is 0 Å². The lowest BCUT2D eigenvalue weighted by molar-refractivity contribution is -0.148. The number of fused-ring (bicyclic) bond motifs is 3. The number of nitrogens with two attached hydrogens (primary N) is 1. The Hall–Kier alpha value is -4.68. The van der Waals surface area contributed by atoms with E-state index in [1.54, 1.807) is 44.4 Å². The maximum atomic E-state index is 13.9. The van der Waals surface area contributed by atoms with Gasteiger partial charge in [0.25, 0.3) is 5.91 Å². The number of likely N-dealkylation sites (N-methyl/N-ethyl adjacent to an activating group) is 1. The van der Waals surface area contributed by atoms with Gasteiger partial charge in [-0.1, -0.05) is 25.1 Å². The van der Waals surface area contributed by atoms with Crippen LogP contribution in [-0.4, -0.2) is 81.2 Å². The van der Waals surface area contributed by atoms with E-state index in [4.69, 9.17) is 10.5 Å². The van der Waals surface area contributed by atoms with Gasteiger partial charge in [-0.3, -0.25) is 24.6 Å². The Balaban J connectivity index is 1.58. The van der Waals surface area contributed by atoms with E-state index in [1.165, 1.54) is 11.0 Å². The number of benzene rings is 2. The van der Waals surface area contributed by atoms with E-state index < -0.39 is 64.1 Å². The standard InChI is InChI=1S/C31H33N3O9/c1-4-11-43-30(41)33-16-7-5-14(6-8-16)17-9-10-20(35)22-18(17)12-15-13-19-24(34(2)3)26(37)23(29(32)40)28(39)31(19,42)27(38)21(15)25(22)36/h5-10,15,19,24,35,37-38,42H,4,11-13H2,1-3H3,(H2,32,40)(H,33,41). The van der Waals surface area contributed by atoms with E-state index in [2.05, 4.69) is 5.32 Å². The Morgan fingerprint density at radius 2 is 1.77 bits per heavy atom. The second-order valence-corrected chi connectivity index (χ2v) is 11.3. The third-order valence-electron chi connectivity index (χ3n) is 8.49. The summed E-state index contributed by atoms with van der Waals surface area (Å²) in [7, 11) is 3.15. The van der Waals surface area contributed by atoms with Crippen LogP contribution in [-0.2, 0) is 20.7 Å². The molecule has 3 aliphatic rings. The Morgan fingerprint density at radius 3 is 2.37 bits per heavy atom. The van der Waals surface area contributed by atoms with E-state index in [9.17, 15) is 39.6 Å².